The maximum absolute atomic E-state index is 10.9. The number of amides is 1. The van der Waals surface area contributed by atoms with Crippen molar-refractivity contribution in [2.24, 2.45) is 0 Å². The monoisotopic (exact) mass is 176 g/mol. The number of aliphatic hydroxyl groups excluding tert-OH is 1. The SMILES string of the molecule is CNC(O)NC(=O)OC(C)(C)C. The second-order valence-corrected chi connectivity index (χ2v) is 3.34. The third-order valence-corrected chi connectivity index (χ3v) is 0.927. The van der Waals surface area contributed by atoms with Crippen LogP contribution < -0.4 is 10.6 Å². The van der Waals surface area contributed by atoms with Crippen molar-refractivity contribution in [3.8, 4) is 0 Å². The van der Waals surface area contributed by atoms with E-state index in [1.165, 1.54) is 7.05 Å². The zero-order valence-electron chi connectivity index (χ0n) is 7.84. The minimum Gasteiger partial charge on any atom is -0.444 e. The first kappa shape index (κ1) is 11.2. The first-order chi connectivity index (χ1) is 5.35. The zero-order chi connectivity index (χ0) is 9.78. The van der Waals surface area contributed by atoms with Crippen LogP contribution in [-0.2, 0) is 4.74 Å². The van der Waals surface area contributed by atoms with E-state index in [0.29, 0.717) is 0 Å². The van der Waals surface area contributed by atoms with Crippen molar-refractivity contribution in [3.63, 3.8) is 0 Å². The van der Waals surface area contributed by atoms with Gasteiger partial charge in [0.1, 0.15) is 5.60 Å². The van der Waals surface area contributed by atoms with Crippen molar-refractivity contribution in [2.45, 2.75) is 32.7 Å². The van der Waals surface area contributed by atoms with E-state index in [0.717, 1.165) is 0 Å². The number of carbonyl (C=O) groups is 1. The Morgan fingerprint density at radius 2 is 2.00 bits per heavy atom. The number of carbonyl (C=O) groups excluding carboxylic acids is 1. The molecule has 1 atom stereocenters. The molecule has 0 bridgehead atoms. The number of hydrogen-bond donors (Lipinski definition) is 3. The van der Waals surface area contributed by atoms with Crippen LogP contribution in [0.25, 0.3) is 0 Å². The predicted molar refractivity (Wildman–Crippen MR) is 44.4 cm³/mol. The van der Waals surface area contributed by atoms with Crippen molar-refractivity contribution < 1.29 is 14.6 Å². The molecule has 0 aromatic rings. The van der Waals surface area contributed by atoms with Gasteiger partial charge in [-0.25, -0.2) is 4.79 Å². The second kappa shape index (κ2) is 4.27. The smallest absolute Gasteiger partial charge is 0.410 e. The Kier molecular flexibility index (Phi) is 3.99. The molecule has 0 spiro atoms. The van der Waals surface area contributed by atoms with Crippen molar-refractivity contribution in [1.29, 1.82) is 0 Å². The van der Waals surface area contributed by atoms with Crippen LogP contribution in [0.15, 0.2) is 0 Å². The Hall–Kier alpha value is -0.810. The fourth-order valence-corrected chi connectivity index (χ4v) is 0.491. The lowest BCUT2D eigenvalue weighted by Gasteiger charge is -2.21. The van der Waals surface area contributed by atoms with Gasteiger partial charge in [-0.2, -0.15) is 0 Å². The molecule has 0 fully saturated rings. The van der Waals surface area contributed by atoms with Crippen LogP contribution in [0.4, 0.5) is 4.79 Å². The molecule has 0 saturated carbocycles. The van der Waals surface area contributed by atoms with E-state index in [1.54, 1.807) is 20.8 Å². The van der Waals surface area contributed by atoms with E-state index in [2.05, 4.69) is 10.6 Å². The summed E-state index contributed by atoms with van der Waals surface area (Å²) in [5.41, 5.74) is -0.544. The minimum absolute atomic E-state index is 0.544. The van der Waals surface area contributed by atoms with E-state index in [-0.39, 0.29) is 0 Å². The number of aliphatic hydroxyl groups is 1. The standard InChI is InChI=1S/C7H16N2O3/c1-7(2,3)12-6(11)9-5(10)8-4/h5,8,10H,1-4H3,(H,9,11). The van der Waals surface area contributed by atoms with Crippen LogP contribution in [0, 0.1) is 0 Å². The summed E-state index contributed by atoms with van der Waals surface area (Å²) in [7, 11) is 1.52. The van der Waals surface area contributed by atoms with Crippen LogP contribution in [0.2, 0.25) is 0 Å². The molecule has 0 aromatic heterocycles. The Bertz CT molecular complexity index is 153. The van der Waals surface area contributed by atoms with Crippen molar-refractivity contribution in [1.82, 2.24) is 10.6 Å². The van der Waals surface area contributed by atoms with Gasteiger partial charge in [0.05, 0.1) is 0 Å². The van der Waals surface area contributed by atoms with Crippen LogP contribution >= 0.6 is 0 Å². The molecule has 0 aliphatic rings. The highest BCUT2D eigenvalue weighted by atomic mass is 16.6. The average Bonchev–Trinajstić information content (AvgIpc) is 1.82. The maximum Gasteiger partial charge on any atom is 0.410 e. The molecule has 0 rings (SSSR count). The Morgan fingerprint density at radius 3 is 2.33 bits per heavy atom. The van der Waals surface area contributed by atoms with Crippen molar-refractivity contribution >= 4 is 6.09 Å². The Balaban J connectivity index is 3.75. The number of hydrogen-bond acceptors (Lipinski definition) is 4. The fourth-order valence-electron chi connectivity index (χ4n) is 0.491. The van der Waals surface area contributed by atoms with Gasteiger partial charge >= 0.3 is 6.09 Å². The molecule has 0 aliphatic carbocycles. The minimum atomic E-state index is -1.07. The molecule has 1 unspecified atom stereocenters. The van der Waals surface area contributed by atoms with Crippen LogP contribution in [0.5, 0.6) is 0 Å². The van der Waals surface area contributed by atoms with Gasteiger partial charge in [-0.1, -0.05) is 0 Å². The number of alkyl carbamates (subject to hydrolysis) is 1. The summed E-state index contributed by atoms with van der Waals surface area (Å²) in [6.45, 7) is 5.25. The van der Waals surface area contributed by atoms with Gasteiger partial charge < -0.3 is 9.84 Å². The van der Waals surface area contributed by atoms with Gasteiger partial charge in [0, 0.05) is 0 Å². The van der Waals surface area contributed by atoms with E-state index < -0.39 is 18.0 Å². The second-order valence-electron chi connectivity index (χ2n) is 3.34. The predicted octanol–water partition coefficient (Wildman–Crippen LogP) is 0.00640. The fraction of sp³-hybridized carbons (Fsp3) is 0.857. The van der Waals surface area contributed by atoms with E-state index >= 15 is 0 Å². The lowest BCUT2D eigenvalue weighted by Crippen LogP contribution is -2.45. The highest BCUT2D eigenvalue weighted by Gasteiger charge is 2.17. The average molecular weight is 176 g/mol. The first-order valence-electron chi connectivity index (χ1n) is 3.70. The Labute approximate surface area is 72.1 Å². The van der Waals surface area contributed by atoms with Gasteiger partial charge in [0.15, 0.2) is 6.35 Å². The molecular formula is C7H16N2O3. The molecule has 1 amide bonds. The normalized spacial score (nSPS) is 13.8. The largest absolute Gasteiger partial charge is 0.444 e. The Morgan fingerprint density at radius 1 is 1.50 bits per heavy atom. The van der Waals surface area contributed by atoms with Gasteiger partial charge in [-0.05, 0) is 27.8 Å². The summed E-state index contributed by atoms with van der Waals surface area (Å²) < 4.78 is 4.86. The number of nitrogens with one attached hydrogen (secondary N) is 2. The lowest BCUT2D eigenvalue weighted by molar-refractivity contribution is 0.0311. The molecule has 5 nitrogen and oxygen atoms in total. The molecule has 0 aliphatic heterocycles. The quantitative estimate of drug-likeness (QED) is 0.518. The summed E-state index contributed by atoms with van der Waals surface area (Å²) in [5, 5.41) is 13.5. The zero-order valence-corrected chi connectivity index (χ0v) is 7.84. The molecule has 12 heavy (non-hydrogen) atoms. The molecule has 0 radical (unpaired) electrons. The lowest BCUT2D eigenvalue weighted by atomic mass is 10.2. The summed E-state index contributed by atoms with van der Waals surface area (Å²) in [5.74, 6) is 0. The summed E-state index contributed by atoms with van der Waals surface area (Å²) in [4.78, 5) is 10.9. The van der Waals surface area contributed by atoms with Gasteiger partial charge in [-0.15, -0.1) is 0 Å². The van der Waals surface area contributed by atoms with Crippen molar-refractivity contribution in [3.05, 3.63) is 0 Å². The summed E-state index contributed by atoms with van der Waals surface area (Å²) in [6.07, 6.45) is -1.72. The van der Waals surface area contributed by atoms with Crippen LogP contribution in [0.1, 0.15) is 20.8 Å². The number of ether oxygens (including phenoxy) is 1. The van der Waals surface area contributed by atoms with Crippen LogP contribution in [0.3, 0.4) is 0 Å². The molecule has 3 N–H and O–H groups in total. The third-order valence-electron chi connectivity index (χ3n) is 0.927. The van der Waals surface area contributed by atoms with E-state index in [9.17, 15) is 4.79 Å². The molecule has 0 heterocycles. The van der Waals surface area contributed by atoms with Gasteiger partial charge in [0.25, 0.3) is 0 Å². The number of rotatable bonds is 2. The van der Waals surface area contributed by atoms with Gasteiger partial charge in [-0.3, -0.25) is 10.6 Å². The molecule has 0 saturated heterocycles. The molecule has 72 valence electrons. The van der Waals surface area contributed by atoms with Crippen LogP contribution in [-0.4, -0.2) is 30.2 Å². The topological polar surface area (TPSA) is 70.6 Å². The van der Waals surface area contributed by atoms with E-state index in [4.69, 9.17) is 9.84 Å². The molecule has 5 heteroatoms. The molecule has 0 aromatic carbocycles. The highest BCUT2D eigenvalue weighted by Crippen LogP contribution is 2.06. The van der Waals surface area contributed by atoms with Gasteiger partial charge in [0.2, 0.25) is 0 Å². The molecular weight excluding hydrogens is 160 g/mol. The first-order valence-corrected chi connectivity index (χ1v) is 3.70. The maximum atomic E-state index is 10.9. The summed E-state index contributed by atoms with van der Waals surface area (Å²) >= 11 is 0. The summed E-state index contributed by atoms with van der Waals surface area (Å²) in [6, 6.07) is 0. The highest BCUT2D eigenvalue weighted by molar-refractivity contribution is 5.67. The third kappa shape index (κ3) is 5.94. The van der Waals surface area contributed by atoms with Crippen molar-refractivity contribution in [2.75, 3.05) is 7.05 Å². The van der Waals surface area contributed by atoms with E-state index in [1.807, 2.05) is 0 Å².